The van der Waals surface area contributed by atoms with Crippen LogP contribution in [0.25, 0.3) is 0 Å². The minimum atomic E-state index is -1.05. The SMILES string of the molecule is COC1=CC=NC(c2cc3c(n2C(C)C)C(c2ccc(C#N)cc2)N(c2c[nH]c(=O)c(Cl)c2)C3=O)(N(C)C)N1. The number of nitrogens with one attached hydrogen (secondary N) is 2. The molecule has 0 saturated carbocycles. The van der Waals surface area contributed by atoms with Crippen molar-refractivity contribution in [2.24, 2.45) is 4.99 Å². The molecule has 0 aliphatic carbocycles. The molecule has 2 atom stereocenters. The number of aromatic nitrogens is 2. The van der Waals surface area contributed by atoms with Crippen LogP contribution in [0.5, 0.6) is 0 Å². The lowest BCUT2D eigenvalue weighted by Gasteiger charge is -2.41. The summed E-state index contributed by atoms with van der Waals surface area (Å²) in [7, 11) is 5.39. The van der Waals surface area contributed by atoms with E-state index in [1.807, 2.05) is 51.0 Å². The summed E-state index contributed by atoms with van der Waals surface area (Å²) >= 11 is 6.18. The van der Waals surface area contributed by atoms with E-state index in [0.717, 1.165) is 17.0 Å². The lowest BCUT2D eigenvalue weighted by Crippen LogP contribution is -2.54. The number of H-pyrrole nitrogens is 1. The quantitative estimate of drug-likeness (QED) is 0.485. The Hall–Kier alpha value is -4.33. The van der Waals surface area contributed by atoms with Gasteiger partial charge in [-0.15, -0.1) is 0 Å². The van der Waals surface area contributed by atoms with Gasteiger partial charge in [0.05, 0.1) is 41.4 Å². The Kier molecular flexibility index (Phi) is 6.58. The number of methoxy groups -OCH3 is 1. The number of hydrogen-bond donors (Lipinski definition) is 2. The number of rotatable bonds is 6. The maximum absolute atomic E-state index is 14.2. The average Bonchev–Trinajstić information content (AvgIpc) is 3.46. The first kappa shape index (κ1) is 26.3. The number of allylic oxidation sites excluding steroid dienone is 1. The fourth-order valence-electron chi connectivity index (χ4n) is 5.25. The van der Waals surface area contributed by atoms with Crippen molar-refractivity contribution in [2.75, 3.05) is 26.1 Å². The molecule has 5 rings (SSSR count). The summed E-state index contributed by atoms with van der Waals surface area (Å²) in [4.78, 5) is 37.2. The molecule has 0 saturated heterocycles. The smallest absolute Gasteiger partial charge is 0.266 e. The van der Waals surface area contributed by atoms with E-state index in [1.165, 1.54) is 12.3 Å². The molecule has 39 heavy (non-hydrogen) atoms. The van der Waals surface area contributed by atoms with Gasteiger partial charge in [0, 0.05) is 24.5 Å². The Morgan fingerprint density at radius 3 is 2.51 bits per heavy atom. The van der Waals surface area contributed by atoms with E-state index in [0.29, 0.717) is 22.7 Å². The Bertz CT molecular complexity index is 1610. The molecule has 200 valence electrons. The van der Waals surface area contributed by atoms with E-state index in [2.05, 4.69) is 20.9 Å². The van der Waals surface area contributed by atoms with Crippen molar-refractivity contribution < 1.29 is 9.53 Å². The molecule has 2 N–H and O–H groups in total. The van der Waals surface area contributed by atoms with E-state index in [-0.39, 0.29) is 17.0 Å². The van der Waals surface area contributed by atoms with E-state index >= 15 is 0 Å². The summed E-state index contributed by atoms with van der Waals surface area (Å²) in [5.74, 6) is -0.759. The molecule has 2 aliphatic rings. The number of benzene rings is 1. The second-order valence-electron chi connectivity index (χ2n) is 9.84. The van der Waals surface area contributed by atoms with Crippen LogP contribution >= 0.6 is 11.6 Å². The number of pyridine rings is 1. The van der Waals surface area contributed by atoms with Crippen molar-refractivity contribution in [3.05, 3.63) is 98.0 Å². The summed E-state index contributed by atoms with van der Waals surface area (Å²) in [6.07, 6.45) is 4.91. The normalized spacial score (nSPS) is 20.2. The highest BCUT2D eigenvalue weighted by Crippen LogP contribution is 2.46. The van der Waals surface area contributed by atoms with E-state index < -0.39 is 17.4 Å². The van der Waals surface area contributed by atoms with Crippen molar-refractivity contribution in [1.29, 1.82) is 5.26 Å². The topological polar surface area (TPSA) is 119 Å². The van der Waals surface area contributed by atoms with E-state index in [1.54, 1.807) is 36.4 Å². The van der Waals surface area contributed by atoms with Gasteiger partial charge in [0.1, 0.15) is 11.1 Å². The van der Waals surface area contributed by atoms with Crippen molar-refractivity contribution in [3.8, 4) is 6.07 Å². The number of ether oxygens (including phenoxy) is 1. The van der Waals surface area contributed by atoms with Gasteiger partial charge >= 0.3 is 0 Å². The predicted octanol–water partition coefficient (Wildman–Crippen LogP) is 3.87. The molecule has 1 amide bonds. The number of hydrogen-bond acceptors (Lipinski definition) is 7. The van der Waals surface area contributed by atoms with Gasteiger partial charge in [-0.3, -0.25) is 19.4 Å². The van der Waals surface area contributed by atoms with Crippen LogP contribution < -0.4 is 15.8 Å². The summed E-state index contributed by atoms with van der Waals surface area (Å²) in [5, 5.41) is 12.7. The zero-order valence-electron chi connectivity index (χ0n) is 22.2. The maximum atomic E-state index is 14.2. The summed E-state index contributed by atoms with van der Waals surface area (Å²) in [6.45, 7) is 4.10. The molecule has 3 aromatic rings. The van der Waals surface area contributed by atoms with E-state index in [4.69, 9.17) is 21.3 Å². The van der Waals surface area contributed by atoms with Crippen molar-refractivity contribution in [2.45, 2.75) is 31.7 Å². The molecular formula is C28H28ClN7O3. The highest BCUT2D eigenvalue weighted by molar-refractivity contribution is 6.30. The molecule has 4 heterocycles. The number of aromatic amines is 1. The van der Waals surface area contributed by atoms with Crippen LogP contribution in [-0.2, 0) is 10.5 Å². The standard InChI is InChI=1S/C28H28ClN7O3/c1-16(2)35-22(28(34(3)4)32-11-10-23(33-28)39-5)13-20-25(35)24(18-8-6-17(14-30)7-9-18)36(27(20)38)19-12-21(29)26(37)31-15-19/h6-13,15-16,24,33H,1-5H3,(H,31,37). The van der Waals surface area contributed by atoms with Gasteiger partial charge in [-0.2, -0.15) is 5.26 Å². The van der Waals surface area contributed by atoms with Gasteiger partial charge in [-0.05, 0) is 57.8 Å². The molecule has 0 fully saturated rings. The van der Waals surface area contributed by atoms with Crippen LogP contribution in [0.2, 0.25) is 5.02 Å². The summed E-state index contributed by atoms with van der Waals surface area (Å²) in [5.41, 5.74) is 3.35. The molecule has 0 spiro atoms. The monoisotopic (exact) mass is 545 g/mol. The van der Waals surface area contributed by atoms with Crippen molar-refractivity contribution in [3.63, 3.8) is 0 Å². The molecule has 2 aromatic heterocycles. The Morgan fingerprint density at radius 2 is 1.92 bits per heavy atom. The number of fused-ring (bicyclic) bond motifs is 1. The van der Waals surface area contributed by atoms with Gasteiger partial charge in [-0.25, -0.2) is 4.99 Å². The van der Waals surface area contributed by atoms with Gasteiger partial charge in [0.2, 0.25) is 5.79 Å². The number of carbonyl (C=O) groups is 1. The summed E-state index contributed by atoms with van der Waals surface area (Å²) < 4.78 is 7.62. The third-order valence-electron chi connectivity index (χ3n) is 7.04. The molecule has 0 radical (unpaired) electrons. The van der Waals surface area contributed by atoms with Gasteiger partial charge in [-0.1, -0.05) is 23.7 Å². The second kappa shape index (κ2) is 9.76. The minimum absolute atomic E-state index is 0.0194. The first-order valence-corrected chi connectivity index (χ1v) is 12.7. The average molecular weight is 546 g/mol. The number of halogens is 1. The number of aliphatic imine (C=N–C) groups is 1. The number of nitriles is 1. The molecule has 11 heteroatoms. The highest BCUT2D eigenvalue weighted by Gasteiger charge is 2.48. The van der Waals surface area contributed by atoms with Crippen molar-refractivity contribution >= 4 is 29.4 Å². The second-order valence-corrected chi connectivity index (χ2v) is 10.3. The van der Waals surface area contributed by atoms with Crippen LogP contribution in [0.15, 0.2) is 64.3 Å². The third kappa shape index (κ3) is 4.11. The van der Waals surface area contributed by atoms with Gasteiger partial charge in [0.15, 0.2) is 5.88 Å². The minimum Gasteiger partial charge on any atom is -0.482 e. The third-order valence-corrected chi connectivity index (χ3v) is 7.33. The molecule has 2 unspecified atom stereocenters. The van der Waals surface area contributed by atoms with Gasteiger partial charge < -0.3 is 19.6 Å². The number of carbonyl (C=O) groups excluding carboxylic acids is 1. The molecular weight excluding hydrogens is 518 g/mol. The largest absolute Gasteiger partial charge is 0.482 e. The Morgan fingerprint density at radius 1 is 1.21 bits per heavy atom. The maximum Gasteiger partial charge on any atom is 0.266 e. The van der Waals surface area contributed by atoms with Crippen molar-refractivity contribution in [1.82, 2.24) is 19.8 Å². The summed E-state index contributed by atoms with van der Waals surface area (Å²) in [6, 6.07) is 12.0. The van der Waals surface area contributed by atoms with Crippen LogP contribution in [0, 0.1) is 11.3 Å². The fourth-order valence-corrected chi connectivity index (χ4v) is 5.41. The molecule has 1 aromatic carbocycles. The molecule has 0 bridgehead atoms. The van der Waals surface area contributed by atoms with Crippen LogP contribution in [0.4, 0.5) is 5.69 Å². The van der Waals surface area contributed by atoms with Crippen LogP contribution in [0.1, 0.15) is 58.8 Å². The van der Waals surface area contributed by atoms with E-state index in [9.17, 15) is 14.9 Å². The first-order chi connectivity index (χ1) is 18.6. The fraction of sp³-hybridized carbons (Fsp3) is 0.286. The molecule has 10 nitrogen and oxygen atoms in total. The lowest BCUT2D eigenvalue weighted by atomic mass is 10.0. The zero-order valence-corrected chi connectivity index (χ0v) is 22.9. The number of amides is 1. The Labute approximate surface area is 230 Å². The Balaban J connectivity index is 1.78. The first-order valence-electron chi connectivity index (χ1n) is 12.4. The number of anilines is 1. The van der Waals surface area contributed by atoms with Crippen LogP contribution in [0.3, 0.4) is 0 Å². The lowest BCUT2D eigenvalue weighted by molar-refractivity contribution is 0.0848. The zero-order chi connectivity index (χ0) is 28.1. The predicted molar refractivity (Wildman–Crippen MR) is 149 cm³/mol. The van der Waals surface area contributed by atoms with Crippen LogP contribution in [-0.4, -0.2) is 47.8 Å². The highest BCUT2D eigenvalue weighted by atomic mass is 35.5. The number of nitrogens with zero attached hydrogens (tertiary/aromatic N) is 5. The van der Waals surface area contributed by atoms with Gasteiger partial charge in [0.25, 0.3) is 11.5 Å². The molecule has 2 aliphatic heterocycles.